The molecule has 36 heavy (non-hydrogen) atoms. The minimum Gasteiger partial charge on any atom is -0.506 e. The van der Waals surface area contributed by atoms with Gasteiger partial charge in [0.25, 0.3) is 0 Å². The summed E-state index contributed by atoms with van der Waals surface area (Å²) in [6, 6.07) is 8.37. The molecule has 0 bridgehead atoms. The van der Waals surface area contributed by atoms with E-state index < -0.39 is 8.07 Å². The fourth-order valence-electron chi connectivity index (χ4n) is 4.09. The number of benzene rings is 1. The second-order valence-corrected chi connectivity index (χ2v) is 17.3. The number of aromatic nitrogens is 2. The van der Waals surface area contributed by atoms with E-state index in [4.69, 9.17) is 26.1 Å². The van der Waals surface area contributed by atoms with Crippen LogP contribution in [-0.2, 0) is 22.7 Å². The normalized spacial score (nSPS) is 14.9. The van der Waals surface area contributed by atoms with Gasteiger partial charge in [0.1, 0.15) is 28.0 Å². The summed E-state index contributed by atoms with van der Waals surface area (Å²) in [4.78, 5) is 20.9. The van der Waals surface area contributed by atoms with Crippen molar-refractivity contribution in [2.75, 3.05) is 26.3 Å². The highest BCUT2D eigenvalue weighted by Crippen LogP contribution is 2.31. The molecule has 2 aromatic heterocycles. The molecule has 1 N–H and O–H groups in total. The number of carbonyl (C=O) groups is 1. The molecule has 10 heteroatoms. The van der Waals surface area contributed by atoms with Gasteiger partial charge in [0.2, 0.25) is 0 Å². The predicted octanol–water partition coefficient (Wildman–Crippen LogP) is 6.24. The Morgan fingerprint density at radius 2 is 2.08 bits per heavy atom. The first-order valence-electron chi connectivity index (χ1n) is 12.3. The monoisotopic (exact) mass is 547 g/mol. The fourth-order valence-corrected chi connectivity index (χ4v) is 5.91. The van der Waals surface area contributed by atoms with Crippen molar-refractivity contribution in [2.45, 2.75) is 52.3 Å². The van der Waals surface area contributed by atoms with Gasteiger partial charge in [-0.15, -0.1) is 11.3 Å². The minimum absolute atomic E-state index is 0.107. The largest absolute Gasteiger partial charge is 0.506 e. The Labute approximate surface area is 222 Å². The molecule has 0 saturated heterocycles. The molecule has 1 aromatic carbocycles. The van der Waals surface area contributed by atoms with Gasteiger partial charge in [0.05, 0.1) is 23.7 Å². The number of esters is 1. The van der Waals surface area contributed by atoms with Gasteiger partial charge in [-0.3, -0.25) is 4.90 Å². The number of fused-ring (bicyclic) bond motifs is 1. The second kappa shape index (κ2) is 11.5. The van der Waals surface area contributed by atoms with Gasteiger partial charge in [0, 0.05) is 27.8 Å². The summed E-state index contributed by atoms with van der Waals surface area (Å²) in [7, 11) is -1.19. The molecule has 194 valence electrons. The van der Waals surface area contributed by atoms with Crippen molar-refractivity contribution in [2.24, 2.45) is 0 Å². The van der Waals surface area contributed by atoms with Crippen molar-refractivity contribution >= 4 is 52.9 Å². The number of imidazole rings is 1. The van der Waals surface area contributed by atoms with Crippen LogP contribution in [0.2, 0.25) is 30.7 Å². The minimum atomic E-state index is -1.19. The van der Waals surface area contributed by atoms with Crippen molar-refractivity contribution in [1.82, 2.24) is 14.5 Å². The van der Waals surface area contributed by atoms with E-state index in [1.54, 1.807) is 12.1 Å². The summed E-state index contributed by atoms with van der Waals surface area (Å²) in [6.07, 6.45) is 3.07. The van der Waals surface area contributed by atoms with Crippen LogP contribution in [0.3, 0.4) is 0 Å². The van der Waals surface area contributed by atoms with Gasteiger partial charge >= 0.3 is 5.97 Å². The van der Waals surface area contributed by atoms with E-state index in [1.807, 2.05) is 19.1 Å². The molecule has 0 unspecified atom stereocenters. The van der Waals surface area contributed by atoms with Crippen LogP contribution in [0.1, 0.15) is 34.4 Å². The quantitative estimate of drug-likeness (QED) is 0.184. The molecule has 0 aliphatic carbocycles. The van der Waals surface area contributed by atoms with Gasteiger partial charge in [-0.05, 0) is 48.7 Å². The van der Waals surface area contributed by atoms with E-state index in [9.17, 15) is 9.90 Å². The molecular formula is C26H34ClN3O4SSi. The van der Waals surface area contributed by atoms with E-state index in [0.717, 1.165) is 47.3 Å². The second-order valence-electron chi connectivity index (χ2n) is 10.2. The highest BCUT2D eigenvalue weighted by atomic mass is 35.5. The fraction of sp³-hybridized carbons (Fsp3) is 0.462. The molecule has 7 nitrogen and oxygen atoms in total. The van der Waals surface area contributed by atoms with Crippen molar-refractivity contribution in [3.63, 3.8) is 0 Å². The van der Waals surface area contributed by atoms with Gasteiger partial charge in [0.15, 0.2) is 0 Å². The number of ether oxygens (including phenoxy) is 2. The zero-order valence-electron chi connectivity index (χ0n) is 21.3. The first-order chi connectivity index (χ1) is 17.1. The molecule has 1 aliphatic heterocycles. The van der Waals surface area contributed by atoms with Crippen LogP contribution in [0.5, 0.6) is 5.75 Å². The summed E-state index contributed by atoms with van der Waals surface area (Å²) in [5, 5.41) is 10.3. The van der Waals surface area contributed by atoms with Gasteiger partial charge in [-0.25, -0.2) is 9.78 Å². The number of phenols is 1. The summed E-state index contributed by atoms with van der Waals surface area (Å²) in [5.74, 6) is 0.728. The molecule has 0 fully saturated rings. The number of hydrogen-bond donors (Lipinski definition) is 1. The first kappa shape index (κ1) is 26.9. The van der Waals surface area contributed by atoms with Crippen LogP contribution in [0.4, 0.5) is 0 Å². The molecule has 0 radical (unpaired) electrons. The van der Waals surface area contributed by atoms with E-state index >= 15 is 0 Å². The molecule has 3 heterocycles. The van der Waals surface area contributed by atoms with Crippen molar-refractivity contribution in [3.8, 4) is 5.75 Å². The van der Waals surface area contributed by atoms with E-state index in [1.165, 1.54) is 16.9 Å². The third kappa shape index (κ3) is 6.57. The van der Waals surface area contributed by atoms with Gasteiger partial charge in [-0.2, -0.15) is 0 Å². The molecule has 3 aromatic rings. The van der Waals surface area contributed by atoms with E-state index in [0.29, 0.717) is 36.4 Å². The Hall–Kier alpha value is -2.17. The molecule has 1 aliphatic rings. The van der Waals surface area contributed by atoms with Crippen LogP contribution in [0, 0.1) is 0 Å². The third-order valence-corrected chi connectivity index (χ3v) is 9.22. The van der Waals surface area contributed by atoms with Crippen LogP contribution >= 0.6 is 22.9 Å². The topological polar surface area (TPSA) is 76.8 Å². The van der Waals surface area contributed by atoms with Crippen LogP contribution in [0.15, 0.2) is 30.3 Å². The maximum atomic E-state index is 12.3. The van der Waals surface area contributed by atoms with Crippen LogP contribution in [-0.4, -0.2) is 59.9 Å². The van der Waals surface area contributed by atoms with Crippen molar-refractivity contribution in [3.05, 3.63) is 51.6 Å². The SMILES string of the molecule is CCOC(=O)c1cc2c(nc(CN3CC=C(c4ccc(Cl)c(O)c4)CC3)n2COCC[Si](C)(C)C)s1. The van der Waals surface area contributed by atoms with E-state index in [2.05, 4.69) is 35.2 Å². The predicted molar refractivity (Wildman–Crippen MR) is 149 cm³/mol. The summed E-state index contributed by atoms with van der Waals surface area (Å²) in [6.45, 7) is 12.6. The highest BCUT2D eigenvalue weighted by molar-refractivity contribution is 7.20. The third-order valence-electron chi connectivity index (χ3n) is 6.20. The van der Waals surface area contributed by atoms with Crippen molar-refractivity contribution < 1.29 is 19.4 Å². The lowest BCUT2D eigenvalue weighted by atomic mass is 9.99. The highest BCUT2D eigenvalue weighted by Gasteiger charge is 2.22. The smallest absolute Gasteiger partial charge is 0.348 e. The van der Waals surface area contributed by atoms with Crippen LogP contribution < -0.4 is 0 Å². The average Bonchev–Trinajstić information content (AvgIpc) is 3.37. The molecule has 0 amide bonds. The summed E-state index contributed by atoms with van der Waals surface area (Å²) < 4.78 is 13.4. The average molecular weight is 548 g/mol. The first-order valence-corrected chi connectivity index (χ1v) is 17.2. The molecule has 0 saturated carbocycles. The molecule has 4 rings (SSSR count). The number of thiophene rings is 1. The summed E-state index contributed by atoms with van der Waals surface area (Å²) >= 11 is 7.33. The Bertz CT molecular complexity index is 1260. The zero-order chi connectivity index (χ0) is 25.9. The van der Waals surface area contributed by atoms with Crippen molar-refractivity contribution in [1.29, 1.82) is 0 Å². The Morgan fingerprint density at radius 3 is 2.75 bits per heavy atom. The lowest BCUT2D eigenvalue weighted by Crippen LogP contribution is -2.29. The molecule has 0 atom stereocenters. The number of phenolic OH excluding ortho intramolecular Hbond substituents is 1. The summed E-state index contributed by atoms with van der Waals surface area (Å²) in [5.41, 5.74) is 3.12. The molecular weight excluding hydrogens is 514 g/mol. The zero-order valence-corrected chi connectivity index (χ0v) is 23.9. The van der Waals surface area contributed by atoms with E-state index in [-0.39, 0.29) is 11.7 Å². The number of hydrogen-bond acceptors (Lipinski definition) is 7. The standard InChI is InChI=1S/C26H34ClN3O4SSi/c1-5-34-26(32)23-15-21-25(35-23)28-24(30(21)17-33-12-13-36(2,3)4)16-29-10-8-18(9-11-29)19-6-7-20(27)22(31)14-19/h6-8,14-15,31H,5,9-13,16-17H2,1-4H3. The molecule has 0 spiro atoms. The number of rotatable bonds is 10. The number of nitrogens with zero attached hydrogens (tertiary/aromatic N) is 3. The number of aromatic hydroxyl groups is 1. The van der Waals surface area contributed by atoms with Gasteiger partial charge in [-0.1, -0.05) is 43.4 Å². The van der Waals surface area contributed by atoms with Crippen LogP contribution in [0.25, 0.3) is 15.9 Å². The maximum absolute atomic E-state index is 12.3. The lowest BCUT2D eigenvalue weighted by molar-refractivity contribution is 0.0532. The Balaban J connectivity index is 1.50. The number of halogens is 1. The Morgan fingerprint density at radius 1 is 1.28 bits per heavy atom. The lowest BCUT2D eigenvalue weighted by Gasteiger charge is -2.26. The Kier molecular flexibility index (Phi) is 8.57. The maximum Gasteiger partial charge on any atom is 0.348 e. The van der Waals surface area contributed by atoms with Gasteiger partial charge < -0.3 is 19.1 Å². The number of carbonyl (C=O) groups excluding carboxylic acids is 1.